The molecule has 23 heavy (non-hydrogen) atoms. The molecular formula is C19H27NO3. The van der Waals surface area contributed by atoms with Gasteiger partial charge in [0.1, 0.15) is 0 Å². The maximum absolute atomic E-state index is 12.3. The molecule has 4 heteroatoms. The Morgan fingerprint density at radius 2 is 1.91 bits per heavy atom. The van der Waals surface area contributed by atoms with Crippen LogP contribution in [0.3, 0.4) is 0 Å². The minimum atomic E-state index is -0.781. The largest absolute Gasteiger partial charge is 0.449 e. The van der Waals surface area contributed by atoms with Crippen LogP contribution in [0.1, 0.15) is 61.0 Å². The van der Waals surface area contributed by atoms with Gasteiger partial charge in [-0.2, -0.15) is 0 Å². The van der Waals surface area contributed by atoms with E-state index in [9.17, 15) is 9.59 Å². The van der Waals surface area contributed by atoms with Crippen molar-refractivity contribution in [3.63, 3.8) is 0 Å². The Morgan fingerprint density at radius 3 is 2.61 bits per heavy atom. The van der Waals surface area contributed by atoms with Crippen LogP contribution in [-0.2, 0) is 9.53 Å². The number of benzene rings is 1. The third kappa shape index (κ3) is 4.34. The van der Waals surface area contributed by atoms with Crippen LogP contribution in [0.4, 0.5) is 0 Å². The summed E-state index contributed by atoms with van der Waals surface area (Å²) in [5.74, 6) is -0.164. The number of hydrogen-bond acceptors (Lipinski definition) is 3. The molecule has 4 nitrogen and oxygen atoms in total. The summed E-state index contributed by atoms with van der Waals surface area (Å²) in [6.45, 7) is 7.63. The molecule has 0 unspecified atom stereocenters. The molecule has 1 saturated carbocycles. The molecule has 1 N–H and O–H groups in total. The molecule has 1 aliphatic carbocycles. The first-order valence-corrected chi connectivity index (χ1v) is 8.47. The number of nitrogens with one attached hydrogen (secondary N) is 1. The Balaban J connectivity index is 1.95. The maximum Gasteiger partial charge on any atom is 0.339 e. The molecular weight excluding hydrogens is 290 g/mol. The van der Waals surface area contributed by atoms with Gasteiger partial charge >= 0.3 is 5.97 Å². The topological polar surface area (TPSA) is 55.4 Å². The highest BCUT2D eigenvalue weighted by Gasteiger charge is 2.26. The maximum atomic E-state index is 12.3. The number of aryl methyl sites for hydroxylation is 1. The van der Waals surface area contributed by atoms with Crippen molar-refractivity contribution < 1.29 is 14.3 Å². The molecule has 1 fully saturated rings. The quantitative estimate of drug-likeness (QED) is 0.864. The van der Waals surface area contributed by atoms with Crippen molar-refractivity contribution in [3.8, 4) is 0 Å². The summed E-state index contributed by atoms with van der Waals surface area (Å²) < 4.78 is 5.36. The molecule has 1 amide bonds. The molecule has 0 aromatic heterocycles. The van der Waals surface area contributed by atoms with Crippen LogP contribution in [0.2, 0.25) is 0 Å². The van der Waals surface area contributed by atoms with Crippen molar-refractivity contribution in [1.29, 1.82) is 0 Å². The second kappa shape index (κ2) is 7.62. The van der Waals surface area contributed by atoms with E-state index in [1.54, 1.807) is 13.0 Å². The highest BCUT2D eigenvalue weighted by Crippen LogP contribution is 2.24. The predicted molar refractivity (Wildman–Crippen MR) is 90.4 cm³/mol. The fourth-order valence-electron chi connectivity index (χ4n) is 3.08. The average Bonchev–Trinajstić information content (AvgIpc) is 2.52. The number of amides is 1. The zero-order valence-electron chi connectivity index (χ0n) is 14.5. The van der Waals surface area contributed by atoms with E-state index in [4.69, 9.17) is 4.74 Å². The van der Waals surface area contributed by atoms with Gasteiger partial charge in [0.25, 0.3) is 5.91 Å². The third-order valence-electron chi connectivity index (χ3n) is 4.92. The van der Waals surface area contributed by atoms with Gasteiger partial charge < -0.3 is 10.1 Å². The minimum Gasteiger partial charge on any atom is -0.449 e. The Morgan fingerprint density at radius 1 is 1.22 bits per heavy atom. The van der Waals surface area contributed by atoms with Crippen molar-refractivity contribution in [1.82, 2.24) is 5.32 Å². The number of carbonyl (C=O) groups is 2. The summed E-state index contributed by atoms with van der Waals surface area (Å²) in [5.41, 5.74) is 2.45. The van der Waals surface area contributed by atoms with Gasteiger partial charge in [0.05, 0.1) is 5.56 Å². The lowest BCUT2D eigenvalue weighted by Gasteiger charge is -2.30. The average molecular weight is 317 g/mol. The molecule has 0 saturated heterocycles. The monoisotopic (exact) mass is 317 g/mol. The van der Waals surface area contributed by atoms with E-state index >= 15 is 0 Å². The summed E-state index contributed by atoms with van der Waals surface area (Å²) in [5, 5.41) is 3.04. The molecule has 0 aliphatic heterocycles. The molecule has 3 atom stereocenters. The molecule has 0 bridgehead atoms. The molecule has 0 heterocycles. The Bertz CT molecular complexity index is 582. The second-order valence-electron chi connectivity index (χ2n) is 6.67. The molecule has 1 aliphatic rings. The normalized spacial score (nSPS) is 22.3. The van der Waals surface area contributed by atoms with Gasteiger partial charge in [-0.1, -0.05) is 31.9 Å². The fraction of sp³-hybridized carbons (Fsp3) is 0.579. The lowest BCUT2D eigenvalue weighted by atomic mass is 9.86. The van der Waals surface area contributed by atoms with Crippen LogP contribution in [0.25, 0.3) is 0 Å². The zero-order chi connectivity index (χ0) is 17.0. The van der Waals surface area contributed by atoms with Gasteiger partial charge in [0.15, 0.2) is 6.10 Å². The van der Waals surface area contributed by atoms with E-state index in [0.29, 0.717) is 11.5 Å². The first-order chi connectivity index (χ1) is 10.9. The lowest BCUT2D eigenvalue weighted by Crippen LogP contribution is -2.46. The zero-order valence-corrected chi connectivity index (χ0v) is 14.5. The molecule has 0 radical (unpaired) electrons. The van der Waals surface area contributed by atoms with Gasteiger partial charge in [-0.25, -0.2) is 4.79 Å². The summed E-state index contributed by atoms with van der Waals surface area (Å²) in [4.78, 5) is 24.6. The minimum absolute atomic E-state index is 0.193. The SMILES string of the molecule is Cc1cccc(C(=O)O[C@H](C)C(=O)N[C@H]2CCCC[C@@H]2C)c1C. The van der Waals surface area contributed by atoms with E-state index in [1.807, 2.05) is 26.0 Å². The van der Waals surface area contributed by atoms with Crippen molar-refractivity contribution in [2.75, 3.05) is 0 Å². The number of carbonyl (C=O) groups excluding carboxylic acids is 2. The number of rotatable bonds is 4. The van der Waals surface area contributed by atoms with Gasteiger partial charge in [-0.15, -0.1) is 0 Å². The van der Waals surface area contributed by atoms with E-state index in [2.05, 4.69) is 12.2 Å². The lowest BCUT2D eigenvalue weighted by molar-refractivity contribution is -0.130. The van der Waals surface area contributed by atoms with E-state index in [0.717, 1.165) is 30.4 Å². The molecule has 1 aromatic rings. The predicted octanol–water partition coefficient (Wildman–Crippen LogP) is 3.54. The Labute approximate surface area is 138 Å². The summed E-state index contributed by atoms with van der Waals surface area (Å²) in [6, 6.07) is 5.71. The van der Waals surface area contributed by atoms with Crippen molar-refractivity contribution in [2.24, 2.45) is 5.92 Å². The second-order valence-corrected chi connectivity index (χ2v) is 6.67. The highest BCUT2D eigenvalue weighted by atomic mass is 16.5. The van der Waals surface area contributed by atoms with E-state index in [1.165, 1.54) is 6.42 Å². The summed E-state index contributed by atoms with van der Waals surface area (Å²) >= 11 is 0. The van der Waals surface area contributed by atoms with E-state index < -0.39 is 12.1 Å². The number of hydrogen-bond donors (Lipinski definition) is 1. The summed E-state index contributed by atoms with van der Waals surface area (Å²) in [6.07, 6.45) is 3.74. The van der Waals surface area contributed by atoms with Gasteiger partial charge in [-0.3, -0.25) is 4.79 Å². The molecule has 1 aromatic carbocycles. The first-order valence-electron chi connectivity index (χ1n) is 8.47. The van der Waals surface area contributed by atoms with Crippen LogP contribution < -0.4 is 5.32 Å². The first kappa shape index (κ1) is 17.5. The van der Waals surface area contributed by atoms with Crippen molar-refractivity contribution >= 4 is 11.9 Å². The Kier molecular flexibility index (Phi) is 5.80. The molecule has 0 spiro atoms. The standard InChI is InChI=1S/C19H27NO3/c1-12-9-7-10-16(14(12)3)19(22)23-15(4)18(21)20-17-11-6-5-8-13(17)2/h7,9-10,13,15,17H,5-6,8,11H2,1-4H3,(H,20,21)/t13-,15+,17-/m0/s1. The highest BCUT2D eigenvalue weighted by molar-refractivity contribution is 5.93. The molecule has 126 valence electrons. The molecule has 2 rings (SSSR count). The number of esters is 1. The number of ether oxygens (including phenoxy) is 1. The van der Waals surface area contributed by atoms with Crippen LogP contribution >= 0.6 is 0 Å². The summed E-state index contributed by atoms with van der Waals surface area (Å²) in [7, 11) is 0. The van der Waals surface area contributed by atoms with Crippen molar-refractivity contribution in [3.05, 3.63) is 34.9 Å². The van der Waals surface area contributed by atoms with Gasteiger partial charge in [-0.05, 0) is 56.7 Å². The van der Waals surface area contributed by atoms with Crippen LogP contribution in [-0.4, -0.2) is 24.0 Å². The van der Waals surface area contributed by atoms with E-state index in [-0.39, 0.29) is 11.9 Å². The van der Waals surface area contributed by atoms with Crippen molar-refractivity contribution in [2.45, 2.75) is 65.5 Å². The smallest absolute Gasteiger partial charge is 0.339 e. The fourth-order valence-corrected chi connectivity index (χ4v) is 3.08. The van der Waals surface area contributed by atoms with Crippen LogP contribution in [0.15, 0.2) is 18.2 Å². The Hall–Kier alpha value is -1.84. The third-order valence-corrected chi connectivity index (χ3v) is 4.92. The van der Waals surface area contributed by atoms with Gasteiger partial charge in [0, 0.05) is 6.04 Å². The van der Waals surface area contributed by atoms with Gasteiger partial charge in [0.2, 0.25) is 0 Å². The van der Waals surface area contributed by atoms with Crippen LogP contribution in [0.5, 0.6) is 0 Å². The van der Waals surface area contributed by atoms with Crippen LogP contribution in [0, 0.1) is 19.8 Å².